The van der Waals surface area contributed by atoms with Gasteiger partial charge in [-0.3, -0.25) is 10.1 Å². The molecule has 2 atom stereocenters. The monoisotopic (exact) mass is 278 g/mol. The minimum Gasteiger partial charge on any atom is -0.323 e. The largest absolute Gasteiger partial charge is 0.323 e. The predicted molar refractivity (Wildman–Crippen MR) is 81.2 cm³/mol. The van der Waals surface area contributed by atoms with Crippen LogP contribution in [0.25, 0.3) is 0 Å². The lowest BCUT2D eigenvalue weighted by molar-refractivity contribution is -0.137. The maximum absolute atomic E-state index is 13.1. The standard InChI is InChI=1S/C17H30N2O/c1-12(2)11-15-18-17(9-4-5-10-17)16(20)19(15)13(3)14-7-6-8-14/h12-15,18H,4-11H2,1-3H3. The van der Waals surface area contributed by atoms with Gasteiger partial charge in [-0.25, -0.2) is 0 Å². The van der Waals surface area contributed by atoms with E-state index in [1.165, 1.54) is 32.1 Å². The van der Waals surface area contributed by atoms with Crippen molar-refractivity contribution in [1.29, 1.82) is 0 Å². The molecule has 20 heavy (non-hydrogen) atoms. The molecule has 1 aliphatic heterocycles. The molecular formula is C17H30N2O. The third-order valence-corrected chi connectivity index (χ3v) is 5.85. The Balaban J connectivity index is 1.80. The minimum atomic E-state index is -0.197. The van der Waals surface area contributed by atoms with Crippen molar-refractivity contribution in [1.82, 2.24) is 10.2 Å². The van der Waals surface area contributed by atoms with Crippen LogP contribution in [0.5, 0.6) is 0 Å². The molecule has 0 bridgehead atoms. The zero-order chi connectivity index (χ0) is 14.3. The Morgan fingerprint density at radius 2 is 1.85 bits per heavy atom. The quantitative estimate of drug-likeness (QED) is 0.856. The van der Waals surface area contributed by atoms with Crippen LogP contribution < -0.4 is 5.32 Å². The van der Waals surface area contributed by atoms with E-state index in [1.54, 1.807) is 0 Å². The average Bonchev–Trinajstić information content (AvgIpc) is 2.84. The van der Waals surface area contributed by atoms with Crippen LogP contribution in [0.1, 0.15) is 72.1 Å². The van der Waals surface area contributed by atoms with Gasteiger partial charge in [0.1, 0.15) is 0 Å². The van der Waals surface area contributed by atoms with Gasteiger partial charge in [0.15, 0.2) is 0 Å². The summed E-state index contributed by atoms with van der Waals surface area (Å²) < 4.78 is 0. The lowest BCUT2D eigenvalue weighted by atomic mass is 9.79. The van der Waals surface area contributed by atoms with Crippen LogP contribution in [-0.2, 0) is 4.79 Å². The number of amides is 1. The summed E-state index contributed by atoms with van der Waals surface area (Å²) >= 11 is 0. The van der Waals surface area contributed by atoms with Crippen molar-refractivity contribution in [3.8, 4) is 0 Å². The molecule has 0 radical (unpaired) electrons. The average molecular weight is 278 g/mol. The fourth-order valence-corrected chi connectivity index (χ4v) is 4.41. The molecule has 0 aromatic heterocycles. The summed E-state index contributed by atoms with van der Waals surface area (Å²) in [5.41, 5.74) is -0.197. The molecule has 3 aliphatic rings. The lowest BCUT2D eigenvalue weighted by Crippen LogP contribution is -2.49. The summed E-state index contributed by atoms with van der Waals surface area (Å²) in [5.74, 6) is 1.79. The lowest BCUT2D eigenvalue weighted by Gasteiger charge is -2.40. The summed E-state index contributed by atoms with van der Waals surface area (Å²) in [6.07, 6.45) is 9.85. The smallest absolute Gasteiger partial charge is 0.244 e. The van der Waals surface area contributed by atoms with Gasteiger partial charge >= 0.3 is 0 Å². The van der Waals surface area contributed by atoms with E-state index < -0.39 is 0 Å². The van der Waals surface area contributed by atoms with Gasteiger partial charge in [0, 0.05) is 6.04 Å². The van der Waals surface area contributed by atoms with E-state index in [0.717, 1.165) is 25.2 Å². The van der Waals surface area contributed by atoms with E-state index in [4.69, 9.17) is 0 Å². The first kappa shape index (κ1) is 14.4. The number of carbonyl (C=O) groups is 1. The third-order valence-electron chi connectivity index (χ3n) is 5.85. The Morgan fingerprint density at radius 1 is 1.20 bits per heavy atom. The first-order valence-electron chi connectivity index (χ1n) is 8.64. The van der Waals surface area contributed by atoms with Gasteiger partial charge in [0.25, 0.3) is 0 Å². The second-order valence-electron chi connectivity index (χ2n) is 7.72. The second-order valence-corrected chi connectivity index (χ2v) is 7.72. The maximum atomic E-state index is 13.1. The minimum absolute atomic E-state index is 0.197. The Morgan fingerprint density at radius 3 is 2.35 bits per heavy atom. The molecule has 2 aliphatic carbocycles. The summed E-state index contributed by atoms with van der Waals surface area (Å²) in [7, 11) is 0. The predicted octanol–water partition coefficient (Wildman–Crippen LogP) is 3.29. The molecule has 2 saturated carbocycles. The highest BCUT2D eigenvalue weighted by molar-refractivity contribution is 5.89. The maximum Gasteiger partial charge on any atom is 0.244 e. The van der Waals surface area contributed by atoms with Gasteiger partial charge in [-0.1, -0.05) is 33.1 Å². The fourth-order valence-electron chi connectivity index (χ4n) is 4.41. The molecule has 2 unspecified atom stereocenters. The van der Waals surface area contributed by atoms with Crippen LogP contribution >= 0.6 is 0 Å². The number of hydrogen-bond donors (Lipinski definition) is 1. The van der Waals surface area contributed by atoms with Crippen molar-refractivity contribution in [2.24, 2.45) is 11.8 Å². The summed E-state index contributed by atoms with van der Waals surface area (Å²) in [6, 6.07) is 0.424. The van der Waals surface area contributed by atoms with Gasteiger partial charge in [0.2, 0.25) is 5.91 Å². The molecule has 3 heteroatoms. The molecule has 1 amide bonds. The third kappa shape index (κ3) is 2.28. The van der Waals surface area contributed by atoms with Crippen molar-refractivity contribution in [2.75, 3.05) is 0 Å². The molecule has 0 aromatic carbocycles. The van der Waals surface area contributed by atoms with Crippen LogP contribution in [-0.4, -0.2) is 28.6 Å². The Labute approximate surface area is 123 Å². The van der Waals surface area contributed by atoms with Gasteiger partial charge < -0.3 is 4.90 Å². The highest BCUT2D eigenvalue weighted by Crippen LogP contribution is 2.41. The van der Waals surface area contributed by atoms with E-state index in [0.29, 0.717) is 17.9 Å². The second kappa shape index (κ2) is 5.32. The Hall–Kier alpha value is -0.570. The van der Waals surface area contributed by atoms with E-state index >= 15 is 0 Å². The zero-order valence-electron chi connectivity index (χ0n) is 13.3. The van der Waals surface area contributed by atoms with Crippen LogP contribution in [0, 0.1) is 11.8 Å². The first-order valence-corrected chi connectivity index (χ1v) is 8.64. The van der Waals surface area contributed by atoms with Crippen LogP contribution in [0.2, 0.25) is 0 Å². The van der Waals surface area contributed by atoms with E-state index in [9.17, 15) is 4.79 Å². The topological polar surface area (TPSA) is 32.3 Å². The van der Waals surface area contributed by atoms with Crippen LogP contribution in [0.3, 0.4) is 0 Å². The Kier molecular flexibility index (Phi) is 3.83. The van der Waals surface area contributed by atoms with Crippen molar-refractivity contribution < 1.29 is 4.79 Å². The first-order chi connectivity index (χ1) is 9.53. The fraction of sp³-hybridized carbons (Fsp3) is 0.941. The SMILES string of the molecule is CC(C)CC1NC2(CCCC2)C(=O)N1C(C)C1CCC1. The van der Waals surface area contributed by atoms with Gasteiger partial charge in [-0.05, 0) is 50.9 Å². The van der Waals surface area contributed by atoms with Gasteiger partial charge in [-0.15, -0.1) is 0 Å². The molecule has 3 rings (SSSR count). The van der Waals surface area contributed by atoms with Crippen LogP contribution in [0.4, 0.5) is 0 Å². The molecule has 3 fully saturated rings. The number of rotatable bonds is 4. The molecule has 1 saturated heterocycles. The number of nitrogens with one attached hydrogen (secondary N) is 1. The van der Waals surface area contributed by atoms with Crippen molar-refractivity contribution in [3.05, 3.63) is 0 Å². The summed E-state index contributed by atoms with van der Waals surface area (Å²) in [4.78, 5) is 15.3. The molecular weight excluding hydrogens is 248 g/mol. The van der Waals surface area contributed by atoms with Gasteiger partial charge in [-0.2, -0.15) is 0 Å². The van der Waals surface area contributed by atoms with Gasteiger partial charge in [0.05, 0.1) is 11.7 Å². The molecule has 114 valence electrons. The van der Waals surface area contributed by atoms with Crippen molar-refractivity contribution >= 4 is 5.91 Å². The van der Waals surface area contributed by atoms with Crippen molar-refractivity contribution in [3.63, 3.8) is 0 Å². The highest BCUT2D eigenvalue weighted by atomic mass is 16.2. The van der Waals surface area contributed by atoms with Crippen molar-refractivity contribution in [2.45, 2.75) is 89.9 Å². The normalized spacial score (nSPS) is 31.3. The molecule has 1 heterocycles. The molecule has 1 spiro atoms. The van der Waals surface area contributed by atoms with E-state index in [-0.39, 0.29) is 11.7 Å². The molecule has 1 N–H and O–H groups in total. The molecule has 3 nitrogen and oxygen atoms in total. The summed E-state index contributed by atoms with van der Waals surface area (Å²) in [5, 5.41) is 3.76. The zero-order valence-corrected chi connectivity index (χ0v) is 13.3. The highest BCUT2D eigenvalue weighted by Gasteiger charge is 2.54. The van der Waals surface area contributed by atoms with Crippen LogP contribution in [0.15, 0.2) is 0 Å². The van der Waals surface area contributed by atoms with E-state index in [2.05, 4.69) is 31.0 Å². The Bertz CT molecular complexity index is 369. The number of carbonyl (C=O) groups excluding carboxylic acids is 1. The number of hydrogen-bond acceptors (Lipinski definition) is 2. The van der Waals surface area contributed by atoms with E-state index in [1.807, 2.05) is 0 Å². The number of nitrogens with zero attached hydrogens (tertiary/aromatic N) is 1. The molecule has 0 aromatic rings. The summed E-state index contributed by atoms with van der Waals surface area (Å²) in [6.45, 7) is 6.81.